The van der Waals surface area contributed by atoms with Gasteiger partial charge in [0.25, 0.3) is 0 Å². The van der Waals surface area contributed by atoms with E-state index in [0.29, 0.717) is 0 Å². The van der Waals surface area contributed by atoms with E-state index in [1.54, 1.807) is 14.2 Å². The molecule has 4 fully saturated rings. The van der Waals surface area contributed by atoms with Crippen LogP contribution in [0.3, 0.4) is 0 Å². The Hall–Kier alpha value is -1.74. The Kier molecular flexibility index (Phi) is 6.72. The molecule has 2 saturated heterocycles. The predicted octanol–water partition coefficient (Wildman–Crippen LogP) is 2.10. The summed E-state index contributed by atoms with van der Waals surface area (Å²) in [5.74, 6) is -0.644. The van der Waals surface area contributed by atoms with E-state index in [4.69, 9.17) is 18.9 Å². The summed E-state index contributed by atoms with van der Waals surface area (Å²) in [4.78, 5) is 22.4. The number of esters is 2. The fourth-order valence-electron chi connectivity index (χ4n) is 4.34. The molecule has 4 rings (SSSR count). The lowest BCUT2D eigenvalue weighted by Gasteiger charge is -2.24. The molecule has 168 valence electrons. The summed E-state index contributed by atoms with van der Waals surface area (Å²) >= 11 is 0. The molecule has 0 spiro atoms. The van der Waals surface area contributed by atoms with Crippen LogP contribution in [-0.2, 0) is 38.0 Å². The van der Waals surface area contributed by atoms with Gasteiger partial charge in [-0.05, 0) is 37.8 Å². The molecule has 4 aliphatic rings. The van der Waals surface area contributed by atoms with Gasteiger partial charge < -0.3 is 28.4 Å². The Labute approximate surface area is 177 Å². The summed E-state index contributed by atoms with van der Waals surface area (Å²) in [6, 6.07) is 0. The van der Waals surface area contributed by atoms with E-state index in [9.17, 15) is 9.59 Å². The summed E-state index contributed by atoms with van der Waals surface area (Å²) in [6.45, 7) is 4.02. The van der Waals surface area contributed by atoms with Gasteiger partial charge in [-0.1, -0.05) is 0 Å². The fraction of sp³-hybridized carbons (Fsp3) is 0.727. The van der Waals surface area contributed by atoms with Crippen LogP contribution in [0, 0.1) is 0 Å². The fourth-order valence-corrected chi connectivity index (χ4v) is 4.34. The van der Waals surface area contributed by atoms with Gasteiger partial charge in [0.15, 0.2) is 0 Å². The molecule has 0 radical (unpaired) electrons. The molecule has 0 N–H and O–H groups in total. The Morgan fingerprint density at radius 2 is 1.17 bits per heavy atom. The van der Waals surface area contributed by atoms with E-state index in [1.807, 2.05) is 13.8 Å². The van der Waals surface area contributed by atoms with Crippen molar-refractivity contribution < 1.29 is 38.0 Å². The van der Waals surface area contributed by atoms with Crippen LogP contribution < -0.4 is 0 Å². The average molecular weight is 424 g/mol. The quantitative estimate of drug-likeness (QED) is 0.385. The molecule has 0 aromatic heterocycles. The van der Waals surface area contributed by atoms with E-state index in [-0.39, 0.29) is 47.6 Å². The van der Waals surface area contributed by atoms with Gasteiger partial charge in [0.2, 0.25) is 0 Å². The number of carbonyl (C=O) groups is 2. The van der Waals surface area contributed by atoms with Crippen LogP contribution in [0.4, 0.5) is 0 Å². The average Bonchev–Trinajstić information content (AvgIpc) is 3.61. The summed E-state index contributed by atoms with van der Waals surface area (Å²) in [7, 11) is 6.13. The first kappa shape index (κ1) is 22.9. The van der Waals surface area contributed by atoms with Crippen molar-refractivity contribution in [2.45, 2.75) is 75.1 Å². The van der Waals surface area contributed by atoms with Gasteiger partial charge >= 0.3 is 11.9 Å². The third kappa shape index (κ3) is 4.61. The third-order valence-corrected chi connectivity index (χ3v) is 6.67. The Morgan fingerprint density at radius 1 is 0.800 bits per heavy atom. The van der Waals surface area contributed by atoms with E-state index in [2.05, 4.69) is 9.47 Å². The number of hydrogen-bond donors (Lipinski definition) is 0. The zero-order chi connectivity index (χ0) is 22.1. The van der Waals surface area contributed by atoms with Crippen molar-refractivity contribution in [3.63, 3.8) is 0 Å². The Morgan fingerprint density at radius 3 is 1.47 bits per heavy atom. The molecule has 0 aromatic carbocycles. The van der Waals surface area contributed by atoms with Gasteiger partial charge in [0, 0.05) is 39.2 Å². The first-order chi connectivity index (χ1) is 14.2. The van der Waals surface area contributed by atoms with E-state index >= 15 is 0 Å². The van der Waals surface area contributed by atoms with E-state index < -0.39 is 0 Å². The monoisotopic (exact) mass is 424 g/mol. The largest absolute Gasteiger partial charge is 0.466 e. The zero-order valence-electron chi connectivity index (χ0n) is 18.6. The number of fused-ring (bicyclic) bond motifs is 2. The normalized spacial score (nSPS) is 41.1. The molecule has 2 aliphatic heterocycles. The highest BCUT2D eigenvalue weighted by Gasteiger charge is 2.59. The minimum Gasteiger partial charge on any atom is -0.466 e. The number of epoxide rings is 2. The Bertz CT molecular complexity index is 681. The second-order valence-electron chi connectivity index (χ2n) is 8.41. The molecule has 8 heteroatoms. The maximum atomic E-state index is 11.2. The highest BCUT2D eigenvalue weighted by atomic mass is 16.6. The molecule has 0 aromatic rings. The van der Waals surface area contributed by atoms with Crippen molar-refractivity contribution in [1.82, 2.24) is 0 Å². The molecular formula is C22H32O8. The first-order valence-electron chi connectivity index (χ1n) is 10.2. The van der Waals surface area contributed by atoms with Gasteiger partial charge in [-0.25, -0.2) is 9.59 Å². The van der Waals surface area contributed by atoms with Gasteiger partial charge in [-0.15, -0.1) is 0 Å². The summed E-state index contributed by atoms with van der Waals surface area (Å²) in [5.41, 5.74) is 1.47. The van der Waals surface area contributed by atoms with Gasteiger partial charge in [0.05, 0.1) is 38.6 Å². The van der Waals surface area contributed by atoms with Crippen LogP contribution in [0.15, 0.2) is 23.3 Å². The van der Waals surface area contributed by atoms with Crippen LogP contribution in [0.5, 0.6) is 0 Å². The van der Waals surface area contributed by atoms with Gasteiger partial charge in [-0.3, -0.25) is 0 Å². The number of hydrogen-bond acceptors (Lipinski definition) is 8. The standard InChI is InChI=1S/2C11H16O4/c2*1-11-7(5-10(12)14-3)4-8(13-2)6-9(11)15-11/h2*5,8-9H,4,6H2,1-3H3/b2*7-5+. The molecule has 30 heavy (non-hydrogen) atoms. The third-order valence-electron chi connectivity index (χ3n) is 6.67. The van der Waals surface area contributed by atoms with Crippen LogP contribution in [0.2, 0.25) is 0 Å². The summed E-state index contributed by atoms with van der Waals surface area (Å²) in [5, 5.41) is 0. The van der Waals surface area contributed by atoms with Crippen LogP contribution in [0.1, 0.15) is 39.5 Å². The van der Waals surface area contributed by atoms with E-state index in [0.717, 1.165) is 36.8 Å². The topological polar surface area (TPSA) is 96.1 Å². The van der Waals surface area contributed by atoms with Crippen molar-refractivity contribution in [3.05, 3.63) is 23.3 Å². The predicted molar refractivity (Wildman–Crippen MR) is 107 cm³/mol. The van der Waals surface area contributed by atoms with Crippen molar-refractivity contribution in [2.75, 3.05) is 28.4 Å². The van der Waals surface area contributed by atoms with Crippen molar-refractivity contribution in [3.8, 4) is 0 Å². The molecule has 0 bridgehead atoms. The van der Waals surface area contributed by atoms with Gasteiger partial charge in [0.1, 0.15) is 11.2 Å². The highest BCUT2D eigenvalue weighted by Crippen LogP contribution is 2.52. The van der Waals surface area contributed by atoms with Crippen molar-refractivity contribution >= 4 is 11.9 Å². The number of rotatable bonds is 4. The molecule has 8 nitrogen and oxygen atoms in total. The smallest absolute Gasteiger partial charge is 0.330 e. The maximum absolute atomic E-state index is 11.2. The molecule has 2 saturated carbocycles. The molecule has 6 atom stereocenters. The second-order valence-corrected chi connectivity index (χ2v) is 8.41. The number of carbonyl (C=O) groups excluding carboxylic acids is 2. The van der Waals surface area contributed by atoms with Crippen molar-refractivity contribution in [1.29, 1.82) is 0 Å². The molecule has 0 amide bonds. The molecular weight excluding hydrogens is 392 g/mol. The highest BCUT2D eigenvalue weighted by molar-refractivity contribution is 5.83. The number of ether oxygens (including phenoxy) is 6. The SMILES string of the molecule is COC(=O)/C=C1\CC(OC)CC2OC12C.COC(=O)/C=C1\CC(OC)CC2OC12C. The van der Waals surface area contributed by atoms with Gasteiger partial charge in [-0.2, -0.15) is 0 Å². The van der Waals surface area contributed by atoms with Crippen molar-refractivity contribution in [2.24, 2.45) is 0 Å². The lowest BCUT2D eigenvalue weighted by molar-refractivity contribution is -0.135. The zero-order valence-corrected chi connectivity index (χ0v) is 18.6. The van der Waals surface area contributed by atoms with Crippen LogP contribution in [-0.4, -0.2) is 76.0 Å². The van der Waals surface area contributed by atoms with Crippen LogP contribution in [0.25, 0.3) is 0 Å². The lowest BCUT2D eigenvalue weighted by Crippen LogP contribution is -2.29. The molecule has 6 unspecified atom stereocenters. The summed E-state index contributed by atoms with van der Waals surface area (Å²) < 4.78 is 31.1. The molecule has 2 aliphatic carbocycles. The second kappa shape index (κ2) is 8.78. The number of methoxy groups -OCH3 is 4. The minimum atomic E-state index is -0.322. The summed E-state index contributed by atoms with van der Waals surface area (Å²) in [6.07, 6.45) is 7.09. The van der Waals surface area contributed by atoms with E-state index in [1.165, 1.54) is 26.4 Å². The lowest BCUT2D eigenvalue weighted by atomic mass is 9.83. The maximum Gasteiger partial charge on any atom is 0.330 e. The first-order valence-corrected chi connectivity index (χ1v) is 10.2. The molecule has 2 heterocycles. The van der Waals surface area contributed by atoms with Crippen LogP contribution >= 0.6 is 0 Å². The minimum absolute atomic E-state index is 0.154. The Balaban J connectivity index is 0.000000171.